The van der Waals surface area contributed by atoms with E-state index in [4.69, 9.17) is 17.3 Å². The van der Waals surface area contributed by atoms with Gasteiger partial charge in [0.2, 0.25) is 0 Å². The van der Waals surface area contributed by atoms with Gasteiger partial charge in [0.05, 0.1) is 10.5 Å². The van der Waals surface area contributed by atoms with E-state index in [2.05, 4.69) is 23.8 Å². The summed E-state index contributed by atoms with van der Waals surface area (Å²) in [5, 5.41) is 0.711. The molecule has 1 unspecified atom stereocenters. The maximum Gasteiger partial charge on any atom is 0.107 e. The standard InChI is InChI=1S/C15H22ClN3/c1-10(2)11(8-9-17)6-7-14-18-13-5-3-4-12(16)15(13)19-14/h3-5,10-11H,6-9,17H2,1-2H3,(H,18,19). The van der Waals surface area contributed by atoms with Gasteiger partial charge in [0.25, 0.3) is 0 Å². The Morgan fingerprint density at radius 1 is 1.32 bits per heavy atom. The molecule has 19 heavy (non-hydrogen) atoms. The Balaban J connectivity index is 2.07. The molecule has 3 nitrogen and oxygen atoms in total. The van der Waals surface area contributed by atoms with Gasteiger partial charge in [0.15, 0.2) is 0 Å². The molecule has 1 atom stereocenters. The molecule has 104 valence electrons. The summed E-state index contributed by atoms with van der Waals surface area (Å²) in [5.41, 5.74) is 7.57. The normalized spacial score (nSPS) is 13.3. The molecule has 0 radical (unpaired) electrons. The molecule has 1 heterocycles. The number of halogens is 1. The van der Waals surface area contributed by atoms with E-state index in [1.807, 2.05) is 18.2 Å². The summed E-state index contributed by atoms with van der Waals surface area (Å²) < 4.78 is 0. The van der Waals surface area contributed by atoms with Crippen molar-refractivity contribution in [3.05, 3.63) is 29.0 Å². The minimum Gasteiger partial charge on any atom is -0.342 e. The van der Waals surface area contributed by atoms with Gasteiger partial charge in [-0.15, -0.1) is 0 Å². The number of aromatic amines is 1. The summed E-state index contributed by atoms with van der Waals surface area (Å²) in [5.74, 6) is 2.34. The van der Waals surface area contributed by atoms with Gasteiger partial charge in [-0.05, 0) is 43.4 Å². The van der Waals surface area contributed by atoms with E-state index in [0.29, 0.717) is 16.9 Å². The predicted octanol–water partition coefficient (Wildman–Crippen LogP) is 3.77. The molecule has 0 bridgehead atoms. The van der Waals surface area contributed by atoms with E-state index in [1.165, 1.54) is 0 Å². The Morgan fingerprint density at radius 3 is 2.74 bits per heavy atom. The van der Waals surface area contributed by atoms with Crippen molar-refractivity contribution < 1.29 is 0 Å². The molecule has 0 fully saturated rings. The van der Waals surface area contributed by atoms with Gasteiger partial charge in [-0.2, -0.15) is 0 Å². The highest BCUT2D eigenvalue weighted by Gasteiger charge is 2.14. The minimum atomic E-state index is 0.661. The second kappa shape index (κ2) is 6.40. The van der Waals surface area contributed by atoms with Crippen LogP contribution in [0.4, 0.5) is 0 Å². The number of fused-ring (bicyclic) bond motifs is 1. The molecule has 0 aliphatic rings. The van der Waals surface area contributed by atoms with Crippen LogP contribution in [0.3, 0.4) is 0 Å². The summed E-state index contributed by atoms with van der Waals surface area (Å²) in [7, 11) is 0. The zero-order valence-corrected chi connectivity index (χ0v) is 12.4. The highest BCUT2D eigenvalue weighted by molar-refractivity contribution is 6.34. The first kappa shape index (κ1) is 14.4. The fraction of sp³-hybridized carbons (Fsp3) is 0.533. The van der Waals surface area contributed by atoms with Crippen LogP contribution in [0.25, 0.3) is 11.0 Å². The van der Waals surface area contributed by atoms with E-state index in [1.54, 1.807) is 0 Å². The molecule has 2 aromatic rings. The molecule has 0 aliphatic carbocycles. The molecule has 3 N–H and O–H groups in total. The summed E-state index contributed by atoms with van der Waals surface area (Å²) in [6.07, 6.45) is 3.15. The van der Waals surface area contributed by atoms with E-state index in [9.17, 15) is 0 Å². The number of nitrogens with one attached hydrogen (secondary N) is 1. The third kappa shape index (κ3) is 3.48. The van der Waals surface area contributed by atoms with Gasteiger partial charge in [-0.25, -0.2) is 4.98 Å². The van der Waals surface area contributed by atoms with Crippen molar-refractivity contribution in [1.82, 2.24) is 9.97 Å². The molecule has 0 saturated heterocycles. The maximum absolute atomic E-state index is 6.13. The number of hydrogen-bond donors (Lipinski definition) is 2. The molecular formula is C15H22ClN3. The molecule has 2 rings (SSSR count). The molecule has 1 aromatic carbocycles. The molecular weight excluding hydrogens is 258 g/mol. The van der Waals surface area contributed by atoms with Crippen LogP contribution in [0.1, 0.15) is 32.5 Å². The average Bonchev–Trinajstić information content (AvgIpc) is 2.78. The van der Waals surface area contributed by atoms with E-state index < -0.39 is 0 Å². The van der Waals surface area contributed by atoms with Crippen LogP contribution in [-0.4, -0.2) is 16.5 Å². The zero-order valence-electron chi connectivity index (χ0n) is 11.6. The number of aromatic nitrogens is 2. The third-order valence-electron chi connectivity index (χ3n) is 3.74. The van der Waals surface area contributed by atoms with Crippen molar-refractivity contribution in [3.63, 3.8) is 0 Å². The Morgan fingerprint density at radius 2 is 2.11 bits per heavy atom. The van der Waals surface area contributed by atoms with Crippen LogP contribution >= 0.6 is 11.6 Å². The first-order valence-electron chi connectivity index (χ1n) is 6.95. The zero-order chi connectivity index (χ0) is 13.8. The fourth-order valence-electron chi connectivity index (χ4n) is 2.51. The van der Waals surface area contributed by atoms with Crippen molar-refractivity contribution in [3.8, 4) is 0 Å². The molecule has 1 aromatic heterocycles. The lowest BCUT2D eigenvalue weighted by molar-refractivity contribution is 0.339. The summed E-state index contributed by atoms with van der Waals surface area (Å²) in [6.45, 7) is 5.28. The quantitative estimate of drug-likeness (QED) is 0.846. The molecule has 0 spiro atoms. The van der Waals surface area contributed by atoms with Crippen LogP contribution < -0.4 is 5.73 Å². The minimum absolute atomic E-state index is 0.661. The number of hydrogen-bond acceptors (Lipinski definition) is 2. The van der Waals surface area contributed by atoms with Crippen LogP contribution in [0.15, 0.2) is 18.2 Å². The number of aryl methyl sites for hydroxylation is 1. The number of nitrogens with zero attached hydrogens (tertiary/aromatic N) is 1. The van der Waals surface area contributed by atoms with Crippen molar-refractivity contribution in [2.75, 3.05) is 6.54 Å². The highest BCUT2D eigenvalue weighted by atomic mass is 35.5. The maximum atomic E-state index is 6.13. The van der Waals surface area contributed by atoms with E-state index in [-0.39, 0.29) is 0 Å². The number of benzene rings is 1. The van der Waals surface area contributed by atoms with Gasteiger partial charge in [-0.1, -0.05) is 31.5 Å². The number of H-pyrrole nitrogens is 1. The monoisotopic (exact) mass is 279 g/mol. The lowest BCUT2D eigenvalue weighted by atomic mass is 9.88. The number of imidazole rings is 1. The second-order valence-electron chi connectivity index (χ2n) is 5.44. The van der Waals surface area contributed by atoms with Crippen molar-refractivity contribution in [2.24, 2.45) is 17.6 Å². The van der Waals surface area contributed by atoms with E-state index >= 15 is 0 Å². The number of nitrogens with two attached hydrogens (primary N) is 1. The SMILES string of the molecule is CC(C)C(CCN)CCc1nc2c(Cl)cccc2[nH]1. The van der Waals surface area contributed by atoms with E-state index in [0.717, 1.165) is 42.7 Å². The van der Waals surface area contributed by atoms with Crippen LogP contribution in [0, 0.1) is 11.8 Å². The van der Waals surface area contributed by atoms with Gasteiger partial charge >= 0.3 is 0 Å². The predicted molar refractivity (Wildman–Crippen MR) is 81.4 cm³/mol. The molecule has 0 aliphatic heterocycles. The average molecular weight is 280 g/mol. The Kier molecular flexibility index (Phi) is 4.83. The van der Waals surface area contributed by atoms with Crippen LogP contribution in [-0.2, 0) is 6.42 Å². The van der Waals surface area contributed by atoms with Crippen LogP contribution in [0.2, 0.25) is 5.02 Å². The summed E-state index contributed by atoms with van der Waals surface area (Å²) in [6, 6.07) is 5.83. The number of rotatable bonds is 6. The van der Waals surface area contributed by atoms with Crippen molar-refractivity contribution in [1.29, 1.82) is 0 Å². The van der Waals surface area contributed by atoms with Gasteiger partial charge in [-0.3, -0.25) is 0 Å². The van der Waals surface area contributed by atoms with Gasteiger partial charge in [0, 0.05) is 6.42 Å². The fourth-order valence-corrected chi connectivity index (χ4v) is 2.73. The third-order valence-corrected chi connectivity index (χ3v) is 4.05. The molecule has 0 amide bonds. The van der Waals surface area contributed by atoms with Gasteiger partial charge < -0.3 is 10.7 Å². The lowest BCUT2D eigenvalue weighted by Crippen LogP contribution is -2.15. The van der Waals surface area contributed by atoms with Crippen LogP contribution in [0.5, 0.6) is 0 Å². The Hall–Kier alpha value is -1.06. The smallest absolute Gasteiger partial charge is 0.107 e. The highest BCUT2D eigenvalue weighted by Crippen LogP contribution is 2.24. The second-order valence-corrected chi connectivity index (χ2v) is 5.85. The lowest BCUT2D eigenvalue weighted by Gasteiger charge is -2.19. The molecule has 0 saturated carbocycles. The number of para-hydroxylation sites is 1. The van der Waals surface area contributed by atoms with Gasteiger partial charge in [0.1, 0.15) is 11.3 Å². The Labute approximate surface area is 119 Å². The van der Waals surface area contributed by atoms with Crippen molar-refractivity contribution in [2.45, 2.75) is 33.1 Å². The summed E-state index contributed by atoms with van der Waals surface area (Å²) >= 11 is 6.13. The van der Waals surface area contributed by atoms with Crippen molar-refractivity contribution >= 4 is 22.6 Å². The summed E-state index contributed by atoms with van der Waals surface area (Å²) in [4.78, 5) is 7.93. The first-order chi connectivity index (χ1) is 9.11. The molecule has 4 heteroatoms. The Bertz CT molecular complexity index is 533. The first-order valence-corrected chi connectivity index (χ1v) is 7.32. The largest absolute Gasteiger partial charge is 0.342 e. The topological polar surface area (TPSA) is 54.7 Å².